The van der Waals surface area contributed by atoms with Crippen LogP contribution < -0.4 is 15.4 Å². The van der Waals surface area contributed by atoms with E-state index in [-0.39, 0.29) is 17.5 Å². The Morgan fingerprint density at radius 1 is 1.26 bits per heavy atom. The number of methoxy groups -OCH3 is 1. The van der Waals surface area contributed by atoms with Gasteiger partial charge in [0, 0.05) is 5.54 Å². The van der Waals surface area contributed by atoms with Gasteiger partial charge in [-0.3, -0.25) is 4.79 Å². The second kappa shape index (κ2) is 6.57. The summed E-state index contributed by atoms with van der Waals surface area (Å²) in [5, 5.41) is 6.13. The molecule has 4 nitrogen and oxygen atoms in total. The van der Waals surface area contributed by atoms with Crippen LogP contribution in [0.4, 0.5) is 0 Å². The van der Waals surface area contributed by atoms with E-state index in [1.165, 1.54) is 0 Å². The quantitative estimate of drug-likeness (QED) is 0.857. The van der Waals surface area contributed by atoms with Crippen molar-refractivity contribution in [3.05, 3.63) is 29.8 Å². The molecule has 0 aliphatic heterocycles. The third-order valence-corrected chi connectivity index (χ3v) is 2.77. The van der Waals surface area contributed by atoms with E-state index in [0.29, 0.717) is 6.54 Å². The van der Waals surface area contributed by atoms with E-state index < -0.39 is 0 Å². The predicted octanol–water partition coefficient (Wildman–Crippen LogP) is 2.26. The number of hydrogen-bond donors (Lipinski definition) is 2. The van der Waals surface area contributed by atoms with E-state index in [0.717, 1.165) is 11.3 Å². The van der Waals surface area contributed by atoms with E-state index in [9.17, 15) is 4.79 Å². The van der Waals surface area contributed by atoms with Crippen molar-refractivity contribution in [3.8, 4) is 5.75 Å². The zero-order valence-corrected chi connectivity index (χ0v) is 12.4. The molecule has 2 N–H and O–H groups in total. The predicted molar refractivity (Wildman–Crippen MR) is 77.3 cm³/mol. The molecule has 106 valence electrons. The molecule has 4 heteroatoms. The Morgan fingerprint density at radius 3 is 2.32 bits per heavy atom. The van der Waals surface area contributed by atoms with Gasteiger partial charge in [0.15, 0.2) is 0 Å². The van der Waals surface area contributed by atoms with Crippen molar-refractivity contribution < 1.29 is 9.53 Å². The van der Waals surface area contributed by atoms with Crippen LogP contribution >= 0.6 is 0 Å². The molecule has 0 aliphatic carbocycles. The second-order valence-corrected chi connectivity index (χ2v) is 5.67. The Morgan fingerprint density at radius 2 is 1.84 bits per heavy atom. The lowest BCUT2D eigenvalue weighted by Crippen LogP contribution is -2.43. The first-order valence-electron chi connectivity index (χ1n) is 6.50. The zero-order valence-electron chi connectivity index (χ0n) is 12.4. The first-order chi connectivity index (χ1) is 8.81. The number of nitrogens with one attached hydrogen (secondary N) is 2. The van der Waals surface area contributed by atoms with Crippen molar-refractivity contribution in [2.45, 2.75) is 39.3 Å². The van der Waals surface area contributed by atoms with Gasteiger partial charge in [0.05, 0.1) is 19.7 Å². The van der Waals surface area contributed by atoms with Crippen molar-refractivity contribution in [1.82, 2.24) is 10.6 Å². The summed E-state index contributed by atoms with van der Waals surface area (Å²) >= 11 is 0. The van der Waals surface area contributed by atoms with Gasteiger partial charge >= 0.3 is 0 Å². The average molecular weight is 264 g/mol. The Labute approximate surface area is 115 Å². The van der Waals surface area contributed by atoms with E-state index in [1.807, 2.05) is 52.0 Å². The number of benzene rings is 1. The molecule has 1 rings (SSSR count). The van der Waals surface area contributed by atoms with Gasteiger partial charge in [-0.2, -0.15) is 0 Å². The van der Waals surface area contributed by atoms with Crippen LogP contribution in [0.25, 0.3) is 0 Å². The maximum absolute atomic E-state index is 11.8. The Bertz CT molecular complexity index is 407. The third-order valence-electron chi connectivity index (χ3n) is 2.77. The molecule has 1 atom stereocenters. The molecule has 0 bridgehead atoms. The molecule has 1 aromatic rings. The van der Waals surface area contributed by atoms with Gasteiger partial charge in [-0.15, -0.1) is 0 Å². The minimum Gasteiger partial charge on any atom is -0.497 e. The van der Waals surface area contributed by atoms with Crippen LogP contribution in [0.1, 0.15) is 39.3 Å². The minimum atomic E-state index is -0.0549. The normalized spacial score (nSPS) is 12.9. The van der Waals surface area contributed by atoms with Crippen LogP contribution in [-0.4, -0.2) is 25.1 Å². The maximum atomic E-state index is 11.8. The van der Waals surface area contributed by atoms with Gasteiger partial charge in [-0.1, -0.05) is 12.1 Å². The molecule has 0 saturated heterocycles. The van der Waals surface area contributed by atoms with Gasteiger partial charge in [-0.25, -0.2) is 0 Å². The number of rotatable bonds is 5. The molecular formula is C15H24N2O2. The van der Waals surface area contributed by atoms with Crippen LogP contribution in [0.15, 0.2) is 24.3 Å². The van der Waals surface area contributed by atoms with Crippen molar-refractivity contribution in [2.24, 2.45) is 0 Å². The van der Waals surface area contributed by atoms with Crippen LogP contribution in [0.2, 0.25) is 0 Å². The minimum absolute atomic E-state index is 0.00163. The second-order valence-electron chi connectivity index (χ2n) is 5.67. The Kier molecular flexibility index (Phi) is 5.36. The molecule has 0 unspecified atom stereocenters. The summed E-state index contributed by atoms with van der Waals surface area (Å²) in [6.07, 6.45) is 0. The molecular weight excluding hydrogens is 240 g/mol. The molecule has 1 amide bonds. The number of carbonyl (C=O) groups excluding carboxylic acids is 1. The SMILES string of the molecule is COc1ccc([C@@H](C)NC(=O)CNC(C)(C)C)cc1. The number of ether oxygens (including phenoxy) is 1. The molecule has 0 aliphatic rings. The van der Waals surface area contributed by atoms with Crippen LogP contribution in [0.5, 0.6) is 5.75 Å². The summed E-state index contributed by atoms with van der Waals surface area (Å²) in [7, 11) is 1.64. The summed E-state index contributed by atoms with van der Waals surface area (Å²) in [5.41, 5.74) is 1.01. The van der Waals surface area contributed by atoms with Gasteiger partial charge in [0.1, 0.15) is 5.75 Å². The molecule has 19 heavy (non-hydrogen) atoms. The topological polar surface area (TPSA) is 50.4 Å². The first kappa shape index (κ1) is 15.5. The molecule has 1 aromatic carbocycles. The fraction of sp³-hybridized carbons (Fsp3) is 0.533. The summed E-state index contributed by atoms with van der Waals surface area (Å²) in [6.45, 7) is 8.40. The van der Waals surface area contributed by atoms with Crippen LogP contribution in [0.3, 0.4) is 0 Å². The fourth-order valence-electron chi connectivity index (χ4n) is 1.61. The monoisotopic (exact) mass is 264 g/mol. The van der Waals surface area contributed by atoms with Gasteiger partial charge in [-0.05, 0) is 45.4 Å². The zero-order chi connectivity index (χ0) is 14.5. The van der Waals surface area contributed by atoms with Gasteiger partial charge in [0.25, 0.3) is 0 Å². The fourth-order valence-corrected chi connectivity index (χ4v) is 1.61. The van der Waals surface area contributed by atoms with Crippen molar-refractivity contribution in [3.63, 3.8) is 0 Å². The highest BCUT2D eigenvalue weighted by Crippen LogP contribution is 2.16. The van der Waals surface area contributed by atoms with Crippen molar-refractivity contribution in [1.29, 1.82) is 0 Å². The lowest BCUT2D eigenvalue weighted by atomic mass is 10.1. The first-order valence-corrected chi connectivity index (χ1v) is 6.50. The number of hydrogen-bond acceptors (Lipinski definition) is 3. The molecule has 0 spiro atoms. The smallest absolute Gasteiger partial charge is 0.234 e. The van der Waals surface area contributed by atoms with E-state index in [2.05, 4.69) is 10.6 Å². The van der Waals surface area contributed by atoms with E-state index >= 15 is 0 Å². The van der Waals surface area contributed by atoms with Gasteiger partial charge in [0.2, 0.25) is 5.91 Å². The van der Waals surface area contributed by atoms with Crippen LogP contribution in [0, 0.1) is 0 Å². The van der Waals surface area contributed by atoms with E-state index in [4.69, 9.17) is 4.74 Å². The van der Waals surface area contributed by atoms with E-state index in [1.54, 1.807) is 7.11 Å². The largest absolute Gasteiger partial charge is 0.497 e. The Hall–Kier alpha value is -1.55. The highest BCUT2D eigenvalue weighted by molar-refractivity contribution is 5.78. The highest BCUT2D eigenvalue weighted by Gasteiger charge is 2.13. The molecule has 0 heterocycles. The van der Waals surface area contributed by atoms with Gasteiger partial charge < -0.3 is 15.4 Å². The van der Waals surface area contributed by atoms with Crippen molar-refractivity contribution in [2.75, 3.05) is 13.7 Å². The summed E-state index contributed by atoms with van der Waals surface area (Å²) in [4.78, 5) is 11.8. The summed E-state index contributed by atoms with van der Waals surface area (Å²) < 4.78 is 5.11. The average Bonchev–Trinajstić information content (AvgIpc) is 2.35. The Balaban J connectivity index is 2.49. The lowest BCUT2D eigenvalue weighted by molar-refractivity contribution is -0.121. The van der Waals surface area contributed by atoms with Crippen LogP contribution in [-0.2, 0) is 4.79 Å². The molecule has 0 fully saturated rings. The molecule has 0 radical (unpaired) electrons. The maximum Gasteiger partial charge on any atom is 0.234 e. The molecule has 0 saturated carbocycles. The highest BCUT2D eigenvalue weighted by atomic mass is 16.5. The number of carbonyl (C=O) groups is 1. The summed E-state index contributed by atoms with van der Waals surface area (Å²) in [5.74, 6) is 0.815. The number of amides is 1. The molecule has 0 aromatic heterocycles. The lowest BCUT2D eigenvalue weighted by Gasteiger charge is -2.21. The summed E-state index contributed by atoms with van der Waals surface area (Å²) in [6, 6.07) is 7.69. The standard InChI is InChI=1S/C15H24N2O2/c1-11(12-6-8-13(19-5)9-7-12)17-14(18)10-16-15(2,3)4/h6-9,11,16H,10H2,1-5H3,(H,17,18)/t11-/m1/s1. The van der Waals surface area contributed by atoms with Crippen molar-refractivity contribution >= 4 is 5.91 Å². The third kappa shape index (κ3) is 5.75.